The van der Waals surface area contributed by atoms with Crippen molar-refractivity contribution in [3.8, 4) is 11.4 Å². The SMILES string of the molecule is NCc1nc(-c2cscn2)cs1. The normalized spacial score (nSPS) is 10.4. The number of rotatable bonds is 2. The van der Waals surface area contributed by atoms with Crippen LogP contribution in [0.25, 0.3) is 11.4 Å². The fraction of sp³-hybridized carbons (Fsp3) is 0.143. The molecule has 0 aliphatic rings. The Morgan fingerprint density at radius 2 is 2.25 bits per heavy atom. The first-order valence-corrected chi connectivity index (χ1v) is 5.25. The second-order valence-electron chi connectivity index (χ2n) is 2.20. The van der Waals surface area contributed by atoms with Gasteiger partial charge in [0.15, 0.2) is 0 Å². The van der Waals surface area contributed by atoms with Crippen molar-refractivity contribution in [2.24, 2.45) is 5.73 Å². The van der Waals surface area contributed by atoms with Crippen LogP contribution in [0.15, 0.2) is 16.3 Å². The predicted octanol–water partition coefficient (Wildman–Crippen LogP) is 1.73. The summed E-state index contributed by atoms with van der Waals surface area (Å²) in [5.41, 5.74) is 9.12. The van der Waals surface area contributed by atoms with Crippen molar-refractivity contribution in [1.82, 2.24) is 9.97 Å². The van der Waals surface area contributed by atoms with Crippen LogP contribution in [0.2, 0.25) is 0 Å². The van der Waals surface area contributed by atoms with Gasteiger partial charge in [-0.2, -0.15) is 0 Å². The second kappa shape index (κ2) is 3.30. The summed E-state index contributed by atoms with van der Waals surface area (Å²) < 4.78 is 0. The van der Waals surface area contributed by atoms with E-state index in [1.807, 2.05) is 10.8 Å². The molecule has 12 heavy (non-hydrogen) atoms. The molecule has 2 aromatic rings. The zero-order chi connectivity index (χ0) is 8.39. The van der Waals surface area contributed by atoms with Crippen molar-refractivity contribution in [1.29, 1.82) is 0 Å². The third kappa shape index (κ3) is 1.38. The zero-order valence-electron chi connectivity index (χ0n) is 6.23. The second-order valence-corrected chi connectivity index (χ2v) is 3.87. The van der Waals surface area contributed by atoms with E-state index in [2.05, 4.69) is 9.97 Å². The van der Waals surface area contributed by atoms with Crippen LogP contribution in [0.1, 0.15) is 5.01 Å². The molecule has 2 N–H and O–H groups in total. The Hall–Kier alpha value is -0.780. The minimum absolute atomic E-state index is 0.509. The van der Waals surface area contributed by atoms with Gasteiger partial charge in [-0.25, -0.2) is 9.97 Å². The first-order chi connectivity index (χ1) is 5.90. The summed E-state index contributed by atoms with van der Waals surface area (Å²) in [6.07, 6.45) is 0. The molecule has 0 atom stereocenters. The summed E-state index contributed by atoms with van der Waals surface area (Å²) in [5, 5.41) is 4.92. The van der Waals surface area contributed by atoms with Gasteiger partial charge in [-0.1, -0.05) is 0 Å². The Kier molecular flexibility index (Phi) is 2.16. The van der Waals surface area contributed by atoms with Crippen molar-refractivity contribution in [2.45, 2.75) is 6.54 Å². The lowest BCUT2D eigenvalue weighted by atomic mass is 10.4. The molecule has 0 aliphatic carbocycles. The number of aromatic nitrogens is 2. The molecule has 2 rings (SSSR count). The summed E-state index contributed by atoms with van der Waals surface area (Å²) in [6.45, 7) is 0.509. The third-order valence-electron chi connectivity index (χ3n) is 1.42. The molecule has 3 nitrogen and oxygen atoms in total. The predicted molar refractivity (Wildman–Crippen MR) is 51.1 cm³/mol. The highest BCUT2D eigenvalue weighted by atomic mass is 32.1. The van der Waals surface area contributed by atoms with E-state index in [1.54, 1.807) is 28.2 Å². The molecule has 5 heteroatoms. The lowest BCUT2D eigenvalue weighted by Crippen LogP contribution is -1.94. The average Bonchev–Trinajstić information content (AvgIpc) is 2.75. The summed E-state index contributed by atoms with van der Waals surface area (Å²) in [4.78, 5) is 8.46. The van der Waals surface area contributed by atoms with Crippen LogP contribution in [-0.4, -0.2) is 9.97 Å². The molecule has 0 unspecified atom stereocenters. The summed E-state index contributed by atoms with van der Waals surface area (Å²) in [6, 6.07) is 0. The Labute approximate surface area is 77.9 Å². The molecule has 2 heterocycles. The van der Waals surface area contributed by atoms with E-state index in [1.165, 1.54) is 0 Å². The lowest BCUT2D eigenvalue weighted by Gasteiger charge is -1.86. The Balaban J connectivity index is 2.35. The largest absolute Gasteiger partial charge is 0.325 e. The minimum atomic E-state index is 0.509. The van der Waals surface area contributed by atoms with Gasteiger partial charge in [-0.3, -0.25) is 0 Å². The molecule has 0 aliphatic heterocycles. The third-order valence-corrected chi connectivity index (χ3v) is 2.88. The van der Waals surface area contributed by atoms with Crippen molar-refractivity contribution >= 4 is 22.7 Å². The highest BCUT2D eigenvalue weighted by Crippen LogP contribution is 2.20. The van der Waals surface area contributed by atoms with E-state index in [4.69, 9.17) is 5.73 Å². The van der Waals surface area contributed by atoms with Crippen molar-refractivity contribution < 1.29 is 0 Å². The van der Waals surface area contributed by atoms with Gasteiger partial charge in [0, 0.05) is 17.3 Å². The van der Waals surface area contributed by atoms with Crippen molar-refractivity contribution in [3.05, 3.63) is 21.3 Å². The van der Waals surface area contributed by atoms with Gasteiger partial charge < -0.3 is 5.73 Å². The van der Waals surface area contributed by atoms with Crippen LogP contribution in [0.5, 0.6) is 0 Å². The minimum Gasteiger partial charge on any atom is -0.325 e. The number of thiazole rings is 2. The molecular weight excluding hydrogens is 190 g/mol. The molecule has 0 saturated carbocycles. The molecule has 62 valence electrons. The van der Waals surface area contributed by atoms with Gasteiger partial charge in [0.05, 0.1) is 5.51 Å². The molecular formula is C7H7N3S2. The highest BCUT2D eigenvalue weighted by molar-refractivity contribution is 7.10. The Morgan fingerprint density at radius 3 is 2.83 bits per heavy atom. The van der Waals surface area contributed by atoms with E-state index in [0.29, 0.717) is 6.54 Å². The Bertz CT molecular complexity index is 352. The van der Waals surface area contributed by atoms with Crippen LogP contribution < -0.4 is 5.73 Å². The molecule has 0 radical (unpaired) electrons. The quantitative estimate of drug-likeness (QED) is 0.797. The van der Waals surface area contributed by atoms with E-state index in [-0.39, 0.29) is 0 Å². The van der Waals surface area contributed by atoms with Crippen LogP contribution in [0, 0.1) is 0 Å². The molecule has 0 spiro atoms. The Morgan fingerprint density at radius 1 is 1.33 bits per heavy atom. The van der Waals surface area contributed by atoms with Gasteiger partial charge in [0.2, 0.25) is 0 Å². The highest BCUT2D eigenvalue weighted by Gasteiger charge is 2.03. The van der Waals surface area contributed by atoms with Gasteiger partial charge in [0.25, 0.3) is 0 Å². The number of hydrogen-bond donors (Lipinski definition) is 1. The van der Waals surface area contributed by atoms with Crippen LogP contribution >= 0.6 is 22.7 Å². The maximum absolute atomic E-state index is 5.45. The molecule has 0 amide bonds. The van der Waals surface area contributed by atoms with Gasteiger partial charge in [-0.05, 0) is 0 Å². The van der Waals surface area contributed by atoms with Crippen LogP contribution in [0.4, 0.5) is 0 Å². The molecule has 0 fully saturated rings. The fourth-order valence-corrected chi connectivity index (χ4v) is 2.08. The van der Waals surface area contributed by atoms with Gasteiger partial charge >= 0.3 is 0 Å². The van der Waals surface area contributed by atoms with Crippen molar-refractivity contribution in [2.75, 3.05) is 0 Å². The van der Waals surface area contributed by atoms with Crippen LogP contribution in [0.3, 0.4) is 0 Å². The topological polar surface area (TPSA) is 51.8 Å². The van der Waals surface area contributed by atoms with E-state index in [0.717, 1.165) is 16.4 Å². The van der Waals surface area contributed by atoms with Crippen LogP contribution in [-0.2, 0) is 6.54 Å². The van der Waals surface area contributed by atoms with E-state index < -0.39 is 0 Å². The maximum atomic E-state index is 5.45. The monoisotopic (exact) mass is 197 g/mol. The van der Waals surface area contributed by atoms with Gasteiger partial charge in [-0.15, -0.1) is 22.7 Å². The van der Waals surface area contributed by atoms with E-state index in [9.17, 15) is 0 Å². The number of nitrogens with two attached hydrogens (primary N) is 1. The fourth-order valence-electron chi connectivity index (χ4n) is 0.861. The number of nitrogens with zero attached hydrogens (tertiary/aromatic N) is 2. The molecule has 2 aromatic heterocycles. The van der Waals surface area contributed by atoms with E-state index >= 15 is 0 Å². The van der Waals surface area contributed by atoms with Crippen molar-refractivity contribution in [3.63, 3.8) is 0 Å². The summed E-state index contributed by atoms with van der Waals surface area (Å²) >= 11 is 3.15. The smallest absolute Gasteiger partial charge is 0.107 e. The lowest BCUT2D eigenvalue weighted by molar-refractivity contribution is 1.04. The maximum Gasteiger partial charge on any atom is 0.107 e. The number of hydrogen-bond acceptors (Lipinski definition) is 5. The average molecular weight is 197 g/mol. The standard InChI is InChI=1S/C7H7N3S2/c8-1-7-10-6(3-12-7)5-2-11-4-9-5/h2-4H,1,8H2. The van der Waals surface area contributed by atoms with Gasteiger partial charge in [0.1, 0.15) is 16.4 Å². The first kappa shape index (κ1) is 7.85. The molecule has 0 aromatic carbocycles. The summed E-state index contributed by atoms with van der Waals surface area (Å²) in [7, 11) is 0. The first-order valence-electron chi connectivity index (χ1n) is 3.43. The zero-order valence-corrected chi connectivity index (χ0v) is 7.86. The molecule has 0 saturated heterocycles. The molecule has 0 bridgehead atoms. The summed E-state index contributed by atoms with van der Waals surface area (Å²) in [5.74, 6) is 0.